The van der Waals surface area contributed by atoms with E-state index in [1.54, 1.807) is 0 Å². The summed E-state index contributed by atoms with van der Waals surface area (Å²) in [7, 11) is -4.40. The first-order chi connectivity index (χ1) is 29.2. The van der Waals surface area contributed by atoms with Crippen LogP contribution in [-0.2, 0) is 32.7 Å². The van der Waals surface area contributed by atoms with Gasteiger partial charge >= 0.3 is 19.8 Å². The second-order valence-corrected chi connectivity index (χ2v) is 17.6. The number of rotatable bonds is 45. The molecule has 3 atom stereocenters. The van der Waals surface area contributed by atoms with E-state index >= 15 is 0 Å². The summed E-state index contributed by atoms with van der Waals surface area (Å²) in [5.74, 6) is -0.906. The van der Waals surface area contributed by atoms with Gasteiger partial charge in [0.25, 0.3) is 0 Å². The third kappa shape index (κ3) is 44.0. The molecule has 0 radical (unpaired) electrons. The summed E-state index contributed by atoms with van der Waals surface area (Å²) < 4.78 is 32.8. The van der Waals surface area contributed by atoms with Crippen LogP contribution in [0.4, 0.5) is 0 Å². The molecule has 0 aromatic carbocycles. The zero-order valence-corrected chi connectivity index (χ0v) is 39.2. The summed E-state index contributed by atoms with van der Waals surface area (Å²) in [5, 5.41) is 9.56. The number of esters is 2. The van der Waals surface area contributed by atoms with Crippen LogP contribution in [0, 0.1) is 0 Å². The lowest BCUT2D eigenvalue weighted by Crippen LogP contribution is -2.29. The topological polar surface area (TPSA) is 155 Å². The van der Waals surface area contributed by atoms with Crippen molar-refractivity contribution in [2.45, 2.75) is 225 Å². The Morgan fingerprint density at radius 2 is 1.00 bits per heavy atom. The predicted molar refractivity (Wildman–Crippen MR) is 249 cm³/mol. The fourth-order valence-electron chi connectivity index (χ4n) is 6.61. The SMILES string of the molecule is CCCCCCCCCCCCCCCCCCCCCCCC(=O)O[C@H](COC(=O)CCC/C=C\C/C=C\C/C=C\C/C=C\CC[C@@H](O)CC)COP(=O)(O)OCCN. The maximum Gasteiger partial charge on any atom is 0.472 e. The lowest BCUT2D eigenvalue weighted by atomic mass is 10.0. The van der Waals surface area contributed by atoms with Gasteiger partial charge < -0.3 is 25.2 Å². The largest absolute Gasteiger partial charge is 0.472 e. The molecule has 1 unspecified atom stereocenters. The molecule has 0 saturated heterocycles. The molecule has 11 heteroatoms. The summed E-state index contributed by atoms with van der Waals surface area (Å²) in [6.07, 6.45) is 49.5. The fourth-order valence-corrected chi connectivity index (χ4v) is 7.37. The standard InChI is InChI=1S/C49H90NO9P/c1-3-5-6-7-8-9-10-11-12-13-14-15-16-17-18-23-26-29-32-35-38-41-49(53)59-47(45-58-60(54,55)57-43-42-50)44-56-48(52)40-37-34-31-28-25-22-20-19-21-24-27-30-33-36-39-46(51)4-2/h20-22,24,28,30-31,33,46-47,51H,3-19,23,25-27,29,32,34-45,50H2,1-2H3,(H,54,55)/b22-20-,24-21-,31-28-,33-30-/t46-,47+/m0/s1. The van der Waals surface area contributed by atoms with Crippen LogP contribution in [-0.4, -0.2) is 60.5 Å². The summed E-state index contributed by atoms with van der Waals surface area (Å²) in [5.41, 5.74) is 5.35. The lowest BCUT2D eigenvalue weighted by Gasteiger charge is -2.19. The van der Waals surface area contributed by atoms with E-state index in [0.29, 0.717) is 12.8 Å². The Bertz CT molecular complexity index is 1140. The van der Waals surface area contributed by atoms with Gasteiger partial charge in [0.2, 0.25) is 0 Å². The molecule has 0 aromatic rings. The Morgan fingerprint density at radius 1 is 0.567 bits per heavy atom. The van der Waals surface area contributed by atoms with Gasteiger partial charge in [-0.2, -0.15) is 0 Å². The third-order valence-corrected chi connectivity index (χ3v) is 11.4. The van der Waals surface area contributed by atoms with E-state index in [1.165, 1.54) is 109 Å². The average Bonchev–Trinajstić information content (AvgIpc) is 3.24. The summed E-state index contributed by atoms with van der Waals surface area (Å²) in [6, 6.07) is 0. The van der Waals surface area contributed by atoms with Crippen LogP contribution in [0.5, 0.6) is 0 Å². The maximum absolute atomic E-state index is 12.6. The first kappa shape index (κ1) is 57.9. The number of phosphoric ester groups is 1. The number of allylic oxidation sites excluding steroid dienone is 8. The molecule has 0 spiro atoms. The molecular formula is C49H90NO9P. The predicted octanol–water partition coefficient (Wildman–Crippen LogP) is 13.3. The molecule has 60 heavy (non-hydrogen) atoms. The third-order valence-electron chi connectivity index (χ3n) is 10.4. The quantitative estimate of drug-likeness (QED) is 0.0233. The van der Waals surface area contributed by atoms with Crippen LogP contribution in [0.15, 0.2) is 48.6 Å². The highest BCUT2D eigenvalue weighted by Gasteiger charge is 2.26. The minimum Gasteiger partial charge on any atom is -0.462 e. The van der Waals surface area contributed by atoms with Crippen LogP contribution in [0.25, 0.3) is 0 Å². The number of carbonyl (C=O) groups excluding carboxylic acids is 2. The molecule has 4 N–H and O–H groups in total. The Balaban J connectivity index is 4.14. The van der Waals surface area contributed by atoms with Gasteiger partial charge in [0.1, 0.15) is 6.61 Å². The average molecular weight is 868 g/mol. The molecular weight excluding hydrogens is 778 g/mol. The van der Waals surface area contributed by atoms with E-state index in [4.69, 9.17) is 24.3 Å². The highest BCUT2D eigenvalue weighted by Crippen LogP contribution is 2.43. The van der Waals surface area contributed by atoms with E-state index < -0.39 is 32.5 Å². The van der Waals surface area contributed by atoms with Crippen molar-refractivity contribution in [2.24, 2.45) is 5.73 Å². The second kappa shape index (κ2) is 45.0. The van der Waals surface area contributed by atoms with Crippen molar-refractivity contribution in [3.63, 3.8) is 0 Å². The molecule has 0 heterocycles. The summed E-state index contributed by atoms with van der Waals surface area (Å²) in [6.45, 7) is 3.41. The number of carbonyl (C=O) groups is 2. The molecule has 0 aromatic heterocycles. The smallest absolute Gasteiger partial charge is 0.462 e. The van der Waals surface area contributed by atoms with Crippen molar-refractivity contribution >= 4 is 19.8 Å². The molecule has 10 nitrogen and oxygen atoms in total. The van der Waals surface area contributed by atoms with Crippen molar-refractivity contribution in [1.82, 2.24) is 0 Å². The van der Waals surface area contributed by atoms with Gasteiger partial charge in [-0.25, -0.2) is 4.57 Å². The molecule has 0 saturated carbocycles. The van der Waals surface area contributed by atoms with Crippen molar-refractivity contribution < 1.29 is 42.7 Å². The second-order valence-electron chi connectivity index (χ2n) is 16.1. The summed E-state index contributed by atoms with van der Waals surface area (Å²) in [4.78, 5) is 34.9. The Kier molecular flexibility index (Phi) is 43.4. The van der Waals surface area contributed by atoms with Gasteiger partial charge in [-0.1, -0.05) is 191 Å². The highest BCUT2D eigenvalue weighted by molar-refractivity contribution is 7.47. The number of aliphatic hydroxyl groups is 1. The van der Waals surface area contributed by atoms with E-state index in [9.17, 15) is 24.2 Å². The Hall–Kier alpha value is -2.07. The van der Waals surface area contributed by atoms with E-state index in [1.807, 2.05) is 13.0 Å². The van der Waals surface area contributed by atoms with Crippen molar-refractivity contribution in [2.75, 3.05) is 26.4 Å². The van der Waals surface area contributed by atoms with E-state index in [2.05, 4.69) is 49.5 Å². The van der Waals surface area contributed by atoms with Crippen LogP contribution >= 0.6 is 7.82 Å². The van der Waals surface area contributed by atoms with E-state index in [0.717, 1.165) is 64.2 Å². The number of ether oxygens (including phenoxy) is 2. The molecule has 0 amide bonds. The van der Waals surface area contributed by atoms with Crippen LogP contribution in [0.3, 0.4) is 0 Å². The normalized spacial score (nSPS) is 14.2. The minimum atomic E-state index is -4.40. The number of unbranched alkanes of at least 4 members (excludes halogenated alkanes) is 21. The number of phosphoric acid groups is 1. The minimum absolute atomic E-state index is 0.0406. The van der Waals surface area contributed by atoms with Crippen molar-refractivity contribution in [3.05, 3.63) is 48.6 Å². The molecule has 0 rings (SSSR count). The van der Waals surface area contributed by atoms with Crippen molar-refractivity contribution in [3.8, 4) is 0 Å². The van der Waals surface area contributed by atoms with Crippen LogP contribution < -0.4 is 5.73 Å². The number of nitrogens with two attached hydrogens (primary N) is 1. The number of hydrogen-bond acceptors (Lipinski definition) is 9. The molecule has 0 fully saturated rings. The molecule has 0 aliphatic carbocycles. The van der Waals surface area contributed by atoms with Gasteiger partial charge in [-0.15, -0.1) is 0 Å². The summed E-state index contributed by atoms with van der Waals surface area (Å²) >= 11 is 0. The fraction of sp³-hybridized carbons (Fsp3) is 0.796. The van der Waals surface area contributed by atoms with Crippen LogP contribution in [0.1, 0.15) is 213 Å². The van der Waals surface area contributed by atoms with Gasteiger partial charge in [-0.3, -0.25) is 18.6 Å². The zero-order chi connectivity index (χ0) is 44.0. The number of hydrogen-bond donors (Lipinski definition) is 3. The molecule has 0 bridgehead atoms. The maximum atomic E-state index is 12.6. The van der Waals surface area contributed by atoms with Crippen molar-refractivity contribution in [1.29, 1.82) is 0 Å². The monoisotopic (exact) mass is 868 g/mol. The zero-order valence-electron chi connectivity index (χ0n) is 38.3. The van der Waals surface area contributed by atoms with Gasteiger partial charge in [0, 0.05) is 19.4 Å². The first-order valence-corrected chi connectivity index (χ1v) is 25.7. The molecule has 0 aliphatic rings. The van der Waals surface area contributed by atoms with Gasteiger partial charge in [-0.05, 0) is 57.8 Å². The Morgan fingerprint density at radius 3 is 1.47 bits per heavy atom. The van der Waals surface area contributed by atoms with Gasteiger partial charge in [0.05, 0.1) is 19.3 Å². The first-order valence-electron chi connectivity index (χ1n) is 24.2. The van der Waals surface area contributed by atoms with Gasteiger partial charge in [0.15, 0.2) is 6.10 Å². The number of aliphatic hydroxyl groups excluding tert-OH is 1. The lowest BCUT2D eigenvalue weighted by molar-refractivity contribution is -0.161. The highest BCUT2D eigenvalue weighted by atomic mass is 31.2. The van der Waals surface area contributed by atoms with E-state index in [-0.39, 0.29) is 38.7 Å². The molecule has 350 valence electrons. The van der Waals surface area contributed by atoms with Crippen LogP contribution in [0.2, 0.25) is 0 Å². The Labute approximate surface area is 367 Å². The molecule has 0 aliphatic heterocycles.